The van der Waals surface area contributed by atoms with Crippen molar-refractivity contribution in [2.24, 2.45) is 0 Å². The standard InChI is InChI=1S/C26H28ClN3O3S/c27-23-12-14-25(15-13-23)34(32,33)30(24-10-2-1-3-11-24)20-26(31)28-18-21-8-4-5-9-22(21)19-29-16-6-7-17-29/h1-5,8-15H,6-7,16-20H2,(H,28,31). The van der Waals surface area contributed by atoms with Crippen molar-refractivity contribution in [3.63, 3.8) is 0 Å². The van der Waals surface area contributed by atoms with Gasteiger partial charge < -0.3 is 5.32 Å². The minimum absolute atomic E-state index is 0.0736. The Labute approximate surface area is 206 Å². The van der Waals surface area contributed by atoms with Gasteiger partial charge in [0.25, 0.3) is 10.0 Å². The Bertz CT molecular complexity index is 1210. The van der Waals surface area contributed by atoms with Crippen LogP contribution >= 0.6 is 11.6 Å². The van der Waals surface area contributed by atoms with Gasteiger partial charge in [-0.3, -0.25) is 14.0 Å². The number of nitrogens with one attached hydrogen (secondary N) is 1. The Balaban J connectivity index is 1.49. The summed E-state index contributed by atoms with van der Waals surface area (Å²) in [6.45, 7) is 3.05. The van der Waals surface area contributed by atoms with E-state index < -0.39 is 10.0 Å². The highest BCUT2D eigenvalue weighted by atomic mass is 35.5. The summed E-state index contributed by atoms with van der Waals surface area (Å²) in [5.41, 5.74) is 2.63. The largest absolute Gasteiger partial charge is 0.350 e. The number of sulfonamides is 1. The number of carbonyl (C=O) groups excluding carboxylic acids is 1. The summed E-state index contributed by atoms with van der Waals surface area (Å²) in [6, 6.07) is 22.6. The van der Waals surface area contributed by atoms with Crippen molar-refractivity contribution in [2.45, 2.75) is 30.8 Å². The summed E-state index contributed by atoms with van der Waals surface area (Å²) in [6.07, 6.45) is 2.44. The van der Waals surface area contributed by atoms with E-state index in [0.29, 0.717) is 17.3 Å². The van der Waals surface area contributed by atoms with Crippen molar-refractivity contribution in [3.8, 4) is 0 Å². The fraction of sp³-hybridized carbons (Fsp3) is 0.269. The summed E-state index contributed by atoms with van der Waals surface area (Å²) in [4.78, 5) is 15.4. The molecule has 3 aromatic carbocycles. The average Bonchev–Trinajstić information content (AvgIpc) is 3.36. The Morgan fingerprint density at radius 1 is 0.882 bits per heavy atom. The number of anilines is 1. The van der Waals surface area contributed by atoms with Gasteiger partial charge in [0, 0.05) is 18.1 Å². The number of benzene rings is 3. The minimum Gasteiger partial charge on any atom is -0.350 e. The second-order valence-corrected chi connectivity index (χ2v) is 10.6. The smallest absolute Gasteiger partial charge is 0.264 e. The van der Waals surface area contributed by atoms with E-state index in [0.717, 1.165) is 29.5 Å². The highest BCUT2D eigenvalue weighted by Gasteiger charge is 2.27. The molecule has 0 aromatic heterocycles. The number of hydrogen-bond acceptors (Lipinski definition) is 4. The lowest BCUT2D eigenvalue weighted by Crippen LogP contribution is -2.40. The lowest BCUT2D eigenvalue weighted by Gasteiger charge is -2.24. The third-order valence-electron chi connectivity index (χ3n) is 5.92. The maximum absolute atomic E-state index is 13.4. The molecule has 0 unspecified atom stereocenters. The molecule has 0 radical (unpaired) electrons. The molecule has 34 heavy (non-hydrogen) atoms. The number of hydrogen-bond donors (Lipinski definition) is 1. The van der Waals surface area contributed by atoms with E-state index in [4.69, 9.17) is 11.6 Å². The molecule has 3 aromatic rings. The van der Waals surface area contributed by atoms with Gasteiger partial charge in [0.2, 0.25) is 5.91 Å². The van der Waals surface area contributed by atoms with Crippen molar-refractivity contribution in [3.05, 3.63) is 95.0 Å². The van der Waals surface area contributed by atoms with Gasteiger partial charge in [0.05, 0.1) is 10.6 Å². The molecule has 1 aliphatic heterocycles. The summed E-state index contributed by atoms with van der Waals surface area (Å²) >= 11 is 5.93. The zero-order valence-corrected chi connectivity index (χ0v) is 20.4. The molecule has 0 saturated carbocycles. The minimum atomic E-state index is -3.97. The van der Waals surface area contributed by atoms with Gasteiger partial charge in [-0.1, -0.05) is 54.1 Å². The number of rotatable bonds is 9. The molecule has 178 valence electrons. The van der Waals surface area contributed by atoms with E-state index in [1.807, 2.05) is 18.2 Å². The molecule has 8 heteroatoms. The topological polar surface area (TPSA) is 69.7 Å². The lowest BCUT2D eigenvalue weighted by atomic mass is 10.1. The normalized spacial score (nSPS) is 14.1. The molecule has 0 aliphatic carbocycles. The summed E-state index contributed by atoms with van der Waals surface area (Å²) in [7, 11) is -3.97. The monoisotopic (exact) mass is 497 g/mol. The van der Waals surface area contributed by atoms with Crippen LogP contribution in [0.2, 0.25) is 5.02 Å². The van der Waals surface area contributed by atoms with E-state index >= 15 is 0 Å². The van der Waals surface area contributed by atoms with Crippen LogP contribution in [0.15, 0.2) is 83.8 Å². The third kappa shape index (κ3) is 5.97. The first-order valence-corrected chi connectivity index (χ1v) is 13.1. The van der Waals surface area contributed by atoms with Crippen molar-refractivity contribution in [1.82, 2.24) is 10.2 Å². The van der Waals surface area contributed by atoms with Crippen LogP contribution in [0.1, 0.15) is 24.0 Å². The number of halogens is 1. The van der Waals surface area contributed by atoms with Crippen LogP contribution in [0.4, 0.5) is 5.69 Å². The first-order valence-electron chi connectivity index (χ1n) is 11.3. The first-order chi connectivity index (χ1) is 16.4. The van der Waals surface area contributed by atoms with Gasteiger partial charge in [-0.2, -0.15) is 0 Å². The molecule has 0 atom stereocenters. The van der Waals surface area contributed by atoms with Gasteiger partial charge in [-0.15, -0.1) is 0 Å². The zero-order chi connectivity index (χ0) is 24.0. The van der Waals surface area contributed by atoms with Crippen LogP contribution in [0.3, 0.4) is 0 Å². The average molecular weight is 498 g/mol. The Morgan fingerprint density at radius 3 is 2.18 bits per heavy atom. The molecule has 1 aliphatic rings. The van der Waals surface area contributed by atoms with E-state index in [9.17, 15) is 13.2 Å². The summed E-state index contributed by atoms with van der Waals surface area (Å²) < 4.78 is 27.9. The molecule has 0 bridgehead atoms. The number of amides is 1. The van der Waals surface area contributed by atoms with Crippen LogP contribution in [0.25, 0.3) is 0 Å². The molecule has 1 amide bonds. The van der Waals surface area contributed by atoms with Gasteiger partial charge >= 0.3 is 0 Å². The Hall–Kier alpha value is -2.87. The molecular weight excluding hydrogens is 470 g/mol. The van der Waals surface area contributed by atoms with E-state index in [1.54, 1.807) is 30.3 Å². The van der Waals surface area contributed by atoms with Gasteiger partial charge in [-0.05, 0) is 73.5 Å². The maximum Gasteiger partial charge on any atom is 0.264 e. The van der Waals surface area contributed by atoms with Gasteiger partial charge in [0.15, 0.2) is 0 Å². The second-order valence-electron chi connectivity index (χ2n) is 8.33. The summed E-state index contributed by atoms with van der Waals surface area (Å²) in [5, 5.41) is 3.35. The molecule has 1 N–H and O–H groups in total. The molecule has 1 heterocycles. The fourth-order valence-electron chi connectivity index (χ4n) is 4.09. The molecule has 0 spiro atoms. The van der Waals surface area contributed by atoms with E-state index in [2.05, 4.69) is 16.3 Å². The maximum atomic E-state index is 13.4. The predicted molar refractivity (Wildman–Crippen MR) is 135 cm³/mol. The van der Waals surface area contributed by atoms with Crippen LogP contribution < -0.4 is 9.62 Å². The Morgan fingerprint density at radius 2 is 1.50 bits per heavy atom. The quantitative estimate of drug-likeness (QED) is 0.474. The van der Waals surface area contributed by atoms with Crippen molar-refractivity contribution in [2.75, 3.05) is 23.9 Å². The number of para-hydroxylation sites is 1. The number of likely N-dealkylation sites (tertiary alicyclic amines) is 1. The molecule has 1 saturated heterocycles. The third-order valence-corrected chi connectivity index (χ3v) is 7.96. The predicted octanol–water partition coefficient (Wildman–Crippen LogP) is 4.45. The van der Waals surface area contributed by atoms with Gasteiger partial charge in [0.1, 0.15) is 6.54 Å². The van der Waals surface area contributed by atoms with Crippen LogP contribution in [0, 0.1) is 0 Å². The van der Waals surface area contributed by atoms with E-state index in [1.165, 1.54) is 42.7 Å². The first kappa shape index (κ1) is 24.3. The number of nitrogens with zero attached hydrogens (tertiary/aromatic N) is 2. The lowest BCUT2D eigenvalue weighted by molar-refractivity contribution is -0.119. The van der Waals surface area contributed by atoms with E-state index in [-0.39, 0.29) is 17.3 Å². The van der Waals surface area contributed by atoms with Crippen molar-refractivity contribution in [1.29, 1.82) is 0 Å². The zero-order valence-electron chi connectivity index (χ0n) is 18.9. The summed E-state index contributed by atoms with van der Waals surface area (Å²) in [5.74, 6) is -0.377. The highest BCUT2D eigenvalue weighted by molar-refractivity contribution is 7.92. The molecule has 1 fully saturated rings. The van der Waals surface area contributed by atoms with Crippen LogP contribution in [-0.2, 0) is 27.9 Å². The molecular formula is C26H28ClN3O3S. The highest BCUT2D eigenvalue weighted by Crippen LogP contribution is 2.24. The van der Waals surface area contributed by atoms with Gasteiger partial charge in [-0.25, -0.2) is 8.42 Å². The van der Waals surface area contributed by atoms with Crippen molar-refractivity contribution < 1.29 is 13.2 Å². The number of carbonyl (C=O) groups is 1. The second kappa shape index (κ2) is 11.0. The Kier molecular flexibility index (Phi) is 7.88. The fourth-order valence-corrected chi connectivity index (χ4v) is 5.64. The SMILES string of the molecule is O=C(CN(c1ccccc1)S(=O)(=O)c1ccc(Cl)cc1)NCc1ccccc1CN1CCCC1. The van der Waals surface area contributed by atoms with Crippen LogP contribution in [0.5, 0.6) is 0 Å². The molecule has 4 rings (SSSR count). The van der Waals surface area contributed by atoms with Crippen LogP contribution in [-0.4, -0.2) is 38.9 Å². The van der Waals surface area contributed by atoms with Crippen molar-refractivity contribution >= 4 is 33.2 Å². The molecule has 6 nitrogen and oxygen atoms in total.